The lowest BCUT2D eigenvalue weighted by atomic mass is 9.77. The van der Waals surface area contributed by atoms with Gasteiger partial charge in [-0.15, -0.1) is 0 Å². The van der Waals surface area contributed by atoms with Crippen LogP contribution in [0.1, 0.15) is 44.9 Å². The molecule has 0 aliphatic rings. The van der Waals surface area contributed by atoms with Crippen molar-refractivity contribution in [3.63, 3.8) is 0 Å². The zero-order chi connectivity index (χ0) is 11.6. The van der Waals surface area contributed by atoms with Crippen LogP contribution in [0, 0.1) is 10.8 Å². The molecule has 3 N–H and O–H groups in total. The molecule has 3 nitrogen and oxygen atoms in total. The number of nitrogens with two attached hydrogens (primary N) is 1. The van der Waals surface area contributed by atoms with E-state index < -0.39 is 0 Å². The molecule has 1 atom stereocenters. The molecule has 0 radical (unpaired) electrons. The van der Waals surface area contributed by atoms with Crippen LogP contribution in [-0.4, -0.2) is 10.8 Å². The van der Waals surface area contributed by atoms with E-state index in [-0.39, 0.29) is 11.3 Å². The Hall–Kier alpha value is -1.38. The van der Waals surface area contributed by atoms with Gasteiger partial charge < -0.3 is 5.73 Å². The van der Waals surface area contributed by atoms with Crippen molar-refractivity contribution < 1.29 is 0 Å². The molecular weight excluding hydrogens is 186 g/mol. The highest BCUT2D eigenvalue weighted by Crippen LogP contribution is 2.35. The summed E-state index contributed by atoms with van der Waals surface area (Å²) in [4.78, 5) is 4.16. The summed E-state index contributed by atoms with van der Waals surface area (Å²) in [6, 6.07) is 3.89. The average molecular weight is 205 g/mol. The summed E-state index contributed by atoms with van der Waals surface area (Å²) in [5, 5.41) is 7.49. The van der Waals surface area contributed by atoms with Gasteiger partial charge in [0, 0.05) is 6.20 Å². The topological polar surface area (TPSA) is 62.8 Å². The van der Waals surface area contributed by atoms with Crippen molar-refractivity contribution in [3.8, 4) is 0 Å². The Balaban J connectivity index is 3.19. The van der Waals surface area contributed by atoms with Gasteiger partial charge in [-0.2, -0.15) is 0 Å². The van der Waals surface area contributed by atoms with E-state index in [4.69, 9.17) is 11.1 Å². The third kappa shape index (κ3) is 2.55. The molecule has 1 aromatic rings. The SMILES string of the molecule is CC(c1cccnc1C(=N)N)C(C)(C)C. The number of aromatic nitrogens is 1. The number of nitrogens with one attached hydrogen (secondary N) is 1. The third-order valence-electron chi connectivity index (χ3n) is 2.86. The number of nitrogen functional groups attached to an aromatic ring is 1. The van der Waals surface area contributed by atoms with E-state index in [2.05, 4.69) is 32.7 Å². The maximum atomic E-state index is 7.49. The van der Waals surface area contributed by atoms with E-state index in [1.807, 2.05) is 12.1 Å². The normalized spacial score (nSPS) is 13.6. The Bertz CT molecular complexity index is 363. The van der Waals surface area contributed by atoms with Gasteiger partial charge in [-0.3, -0.25) is 10.4 Å². The van der Waals surface area contributed by atoms with Crippen LogP contribution in [-0.2, 0) is 0 Å². The first-order valence-electron chi connectivity index (χ1n) is 5.13. The number of nitrogens with zero attached hydrogens (tertiary/aromatic N) is 1. The van der Waals surface area contributed by atoms with Gasteiger partial charge in [0.05, 0.1) is 0 Å². The lowest BCUT2D eigenvalue weighted by Crippen LogP contribution is -2.22. The Morgan fingerprint density at radius 1 is 1.47 bits per heavy atom. The summed E-state index contributed by atoms with van der Waals surface area (Å²) < 4.78 is 0. The molecule has 0 aromatic carbocycles. The van der Waals surface area contributed by atoms with E-state index in [0.717, 1.165) is 5.56 Å². The molecule has 15 heavy (non-hydrogen) atoms. The molecule has 0 saturated heterocycles. The van der Waals surface area contributed by atoms with E-state index in [9.17, 15) is 0 Å². The van der Waals surface area contributed by atoms with Gasteiger partial charge in [-0.25, -0.2) is 0 Å². The van der Waals surface area contributed by atoms with Crippen LogP contribution in [0.2, 0.25) is 0 Å². The van der Waals surface area contributed by atoms with Crippen molar-refractivity contribution in [3.05, 3.63) is 29.6 Å². The molecule has 0 fully saturated rings. The Kier molecular flexibility index (Phi) is 3.12. The van der Waals surface area contributed by atoms with Crippen LogP contribution in [0.5, 0.6) is 0 Å². The lowest BCUT2D eigenvalue weighted by Gasteiger charge is -2.28. The molecule has 1 heterocycles. The maximum absolute atomic E-state index is 7.49. The van der Waals surface area contributed by atoms with Gasteiger partial charge in [0.1, 0.15) is 11.5 Å². The smallest absolute Gasteiger partial charge is 0.142 e. The Labute approximate surface area is 91.2 Å². The number of hydrogen-bond donors (Lipinski definition) is 2. The molecule has 0 saturated carbocycles. The van der Waals surface area contributed by atoms with Gasteiger partial charge in [-0.05, 0) is 23.0 Å². The minimum absolute atomic E-state index is 0.0432. The third-order valence-corrected chi connectivity index (χ3v) is 2.86. The largest absolute Gasteiger partial charge is 0.382 e. The molecule has 3 heteroatoms. The quantitative estimate of drug-likeness (QED) is 0.575. The first-order chi connectivity index (χ1) is 6.84. The summed E-state index contributed by atoms with van der Waals surface area (Å²) in [5.41, 5.74) is 7.33. The fourth-order valence-electron chi connectivity index (χ4n) is 1.46. The van der Waals surface area contributed by atoms with Crippen LogP contribution >= 0.6 is 0 Å². The summed E-state index contributed by atoms with van der Waals surface area (Å²) in [6.07, 6.45) is 1.68. The van der Waals surface area contributed by atoms with Crippen molar-refractivity contribution in [2.75, 3.05) is 0 Å². The predicted molar refractivity (Wildman–Crippen MR) is 63.1 cm³/mol. The van der Waals surface area contributed by atoms with Gasteiger partial charge in [-0.1, -0.05) is 33.8 Å². The van der Waals surface area contributed by atoms with Crippen LogP contribution in [0.15, 0.2) is 18.3 Å². The average Bonchev–Trinajstić information content (AvgIpc) is 2.15. The van der Waals surface area contributed by atoms with E-state index >= 15 is 0 Å². The summed E-state index contributed by atoms with van der Waals surface area (Å²) >= 11 is 0. The van der Waals surface area contributed by atoms with E-state index in [0.29, 0.717) is 11.6 Å². The molecule has 0 amide bonds. The highest BCUT2D eigenvalue weighted by molar-refractivity contribution is 5.94. The Morgan fingerprint density at radius 2 is 2.07 bits per heavy atom. The number of hydrogen-bond acceptors (Lipinski definition) is 2. The molecular formula is C12H19N3. The fourth-order valence-corrected chi connectivity index (χ4v) is 1.46. The van der Waals surface area contributed by atoms with Gasteiger partial charge in [0.15, 0.2) is 0 Å². The fraction of sp³-hybridized carbons (Fsp3) is 0.500. The number of amidine groups is 1. The monoisotopic (exact) mass is 205 g/mol. The molecule has 0 aliphatic carbocycles. The minimum atomic E-state index is 0.0432. The second kappa shape index (κ2) is 4.01. The molecule has 0 bridgehead atoms. The van der Waals surface area contributed by atoms with Crippen molar-refractivity contribution >= 4 is 5.84 Å². The Morgan fingerprint density at radius 3 is 2.53 bits per heavy atom. The lowest BCUT2D eigenvalue weighted by molar-refractivity contribution is 0.338. The molecule has 1 unspecified atom stereocenters. The number of pyridine rings is 1. The van der Waals surface area contributed by atoms with Crippen LogP contribution in [0.25, 0.3) is 0 Å². The molecule has 82 valence electrons. The van der Waals surface area contributed by atoms with Crippen molar-refractivity contribution in [1.82, 2.24) is 4.98 Å². The molecule has 0 spiro atoms. The molecule has 1 rings (SSSR count). The summed E-state index contributed by atoms with van der Waals surface area (Å²) in [5.74, 6) is 0.367. The predicted octanol–water partition coefficient (Wildman–Crippen LogP) is 2.52. The molecule has 0 aliphatic heterocycles. The summed E-state index contributed by atoms with van der Waals surface area (Å²) in [7, 11) is 0. The van der Waals surface area contributed by atoms with Crippen LogP contribution < -0.4 is 5.73 Å². The molecule has 1 aromatic heterocycles. The second-order valence-corrected chi connectivity index (χ2v) is 4.94. The van der Waals surface area contributed by atoms with Crippen molar-refractivity contribution in [2.45, 2.75) is 33.6 Å². The van der Waals surface area contributed by atoms with Crippen molar-refractivity contribution in [1.29, 1.82) is 5.41 Å². The first-order valence-corrected chi connectivity index (χ1v) is 5.13. The maximum Gasteiger partial charge on any atom is 0.142 e. The minimum Gasteiger partial charge on any atom is -0.382 e. The number of rotatable bonds is 2. The van der Waals surface area contributed by atoms with Gasteiger partial charge in [0.25, 0.3) is 0 Å². The summed E-state index contributed by atoms with van der Waals surface area (Å²) in [6.45, 7) is 8.67. The van der Waals surface area contributed by atoms with Gasteiger partial charge in [0.2, 0.25) is 0 Å². The van der Waals surface area contributed by atoms with Crippen LogP contribution in [0.4, 0.5) is 0 Å². The van der Waals surface area contributed by atoms with E-state index in [1.165, 1.54) is 0 Å². The van der Waals surface area contributed by atoms with Gasteiger partial charge >= 0.3 is 0 Å². The van der Waals surface area contributed by atoms with Crippen LogP contribution in [0.3, 0.4) is 0 Å². The standard InChI is InChI=1S/C12H19N3/c1-8(12(2,3)4)9-6-5-7-15-10(9)11(13)14/h5-8H,1-4H3,(H3,13,14). The highest BCUT2D eigenvalue weighted by Gasteiger charge is 2.24. The zero-order valence-electron chi connectivity index (χ0n) is 9.83. The second-order valence-electron chi connectivity index (χ2n) is 4.94. The first kappa shape index (κ1) is 11.7. The highest BCUT2D eigenvalue weighted by atomic mass is 14.8. The van der Waals surface area contributed by atoms with E-state index in [1.54, 1.807) is 6.20 Å². The van der Waals surface area contributed by atoms with Crippen molar-refractivity contribution in [2.24, 2.45) is 11.1 Å². The zero-order valence-corrected chi connectivity index (χ0v) is 9.83.